The van der Waals surface area contributed by atoms with Gasteiger partial charge in [-0.05, 0) is 42.0 Å². The first-order chi connectivity index (χ1) is 14.6. The summed E-state index contributed by atoms with van der Waals surface area (Å²) in [7, 11) is -3.50. The maximum absolute atomic E-state index is 13.3. The lowest BCUT2D eigenvalue weighted by molar-refractivity contribution is -0.137. The zero-order chi connectivity index (χ0) is 22.2. The van der Waals surface area contributed by atoms with E-state index in [2.05, 4.69) is 9.97 Å². The zero-order valence-electron chi connectivity index (χ0n) is 16.1. The van der Waals surface area contributed by atoms with Crippen molar-refractivity contribution >= 4 is 20.7 Å². The van der Waals surface area contributed by atoms with Gasteiger partial charge in [0.15, 0.2) is 9.84 Å². The Labute approximate surface area is 176 Å². The lowest BCUT2D eigenvalue weighted by atomic mass is 10.0. The van der Waals surface area contributed by atoms with Gasteiger partial charge in [0, 0.05) is 35.7 Å². The third-order valence-electron chi connectivity index (χ3n) is 4.56. The molecule has 0 N–H and O–H groups in total. The van der Waals surface area contributed by atoms with E-state index in [-0.39, 0.29) is 16.5 Å². The second-order valence-corrected chi connectivity index (χ2v) is 8.84. The lowest BCUT2D eigenvalue weighted by Crippen LogP contribution is -2.05. The van der Waals surface area contributed by atoms with Gasteiger partial charge in [-0.1, -0.05) is 18.2 Å². The van der Waals surface area contributed by atoms with Crippen LogP contribution in [0.3, 0.4) is 0 Å². The van der Waals surface area contributed by atoms with Gasteiger partial charge in [0.2, 0.25) is 5.88 Å². The van der Waals surface area contributed by atoms with E-state index in [4.69, 9.17) is 4.74 Å². The predicted octanol–water partition coefficient (Wildman–Crippen LogP) is 5.51. The van der Waals surface area contributed by atoms with E-state index < -0.39 is 21.6 Å². The Bertz CT molecular complexity index is 1390. The molecule has 0 radical (unpaired) electrons. The molecule has 5 nitrogen and oxygen atoms in total. The highest BCUT2D eigenvalue weighted by Gasteiger charge is 2.31. The van der Waals surface area contributed by atoms with Gasteiger partial charge in [0.1, 0.15) is 5.75 Å². The molecule has 0 amide bonds. The van der Waals surface area contributed by atoms with E-state index in [9.17, 15) is 21.6 Å². The summed E-state index contributed by atoms with van der Waals surface area (Å²) in [4.78, 5) is 8.35. The molecule has 2 aromatic carbocycles. The van der Waals surface area contributed by atoms with Crippen LogP contribution in [0.15, 0.2) is 78.0 Å². The fourth-order valence-corrected chi connectivity index (χ4v) is 3.70. The van der Waals surface area contributed by atoms with Crippen molar-refractivity contribution in [3.8, 4) is 22.8 Å². The summed E-state index contributed by atoms with van der Waals surface area (Å²) in [5.41, 5.74) is 0.377. The molecule has 0 aliphatic carbocycles. The first kappa shape index (κ1) is 20.8. The predicted molar refractivity (Wildman–Crippen MR) is 110 cm³/mol. The van der Waals surface area contributed by atoms with Gasteiger partial charge in [-0.25, -0.2) is 13.4 Å². The van der Waals surface area contributed by atoms with Crippen LogP contribution in [-0.2, 0) is 16.0 Å². The van der Waals surface area contributed by atoms with Crippen LogP contribution >= 0.6 is 0 Å². The Morgan fingerprint density at radius 1 is 0.968 bits per heavy atom. The highest BCUT2D eigenvalue weighted by molar-refractivity contribution is 7.90. The van der Waals surface area contributed by atoms with E-state index in [1.165, 1.54) is 30.3 Å². The minimum absolute atomic E-state index is 0.0483. The fourth-order valence-electron chi connectivity index (χ4n) is 3.03. The van der Waals surface area contributed by atoms with Crippen molar-refractivity contribution in [1.29, 1.82) is 0 Å². The lowest BCUT2D eigenvalue weighted by Gasteiger charge is -2.15. The molecule has 31 heavy (non-hydrogen) atoms. The molecule has 2 aromatic heterocycles. The van der Waals surface area contributed by atoms with Crippen molar-refractivity contribution in [2.24, 2.45) is 0 Å². The quantitative estimate of drug-likeness (QED) is 0.415. The summed E-state index contributed by atoms with van der Waals surface area (Å²) in [5.74, 6) is -0.0000701. The number of hydrogen-bond donors (Lipinski definition) is 0. The number of ether oxygens (including phenoxy) is 1. The van der Waals surface area contributed by atoms with E-state index in [1.54, 1.807) is 30.6 Å². The molecular formula is C22H15F3N2O3S. The van der Waals surface area contributed by atoms with Crippen molar-refractivity contribution in [1.82, 2.24) is 9.97 Å². The molecule has 0 unspecified atom stereocenters. The smallest absolute Gasteiger partial charge is 0.416 e. The molecule has 4 aromatic rings. The van der Waals surface area contributed by atoms with E-state index >= 15 is 0 Å². The van der Waals surface area contributed by atoms with Crippen molar-refractivity contribution in [2.45, 2.75) is 11.1 Å². The number of halogens is 3. The average molecular weight is 444 g/mol. The maximum atomic E-state index is 13.3. The Morgan fingerprint density at radius 3 is 2.52 bits per heavy atom. The number of aromatic nitrogens is 2. The second kappa shape index (κ2) is 7.66. The van der Waals surface area contributed by atoms with Gasteiger partial charge in [-0.2, -0.15) is 13.2 Å². The van der Waals surface area contributed by atoms with Crippen LogP contribution in [0.4, 0.5) is 13.2 Å². The molecule has 2 heterocycles. The molecule has 0 spiro atoms. The van der Waals surface area contributed by atoms with E-state index in [1.807, 2.05) is 0 Å². The molecule has 4 rings (SSSR count). The summed E-state index contributed by atoms with van der Waals surface area (Å²) in [6.07, 6.45) is -0.359. The number of alkyl halides is 3. The molecule has 0 saturated heterocycles. The third kappa shape index (κ3) is 4.51. The highest BCUT2D eigenvalue weighted by Crippen LogP contribution is 2.39. The van der Waals surface area contributed by atoms with Gasteiger partial charge in [0.05, 0.1) is 16.0 Å². The number of fused-ring (bicyclic) bond motifs is 1. The van der Waals surface area contributed by atoms with Gasteiger partial charge in [-0.3, -0.25) is 4.98 Å². The molecule has 0 atom stereocenters. The molecule has 0 aliphatic heterocycles. The summed E-state index contributed by atoms with van der Waals surface area (Å²) < 4.78 is 69.5. The average Bonchev–Trinajstić information content (AvgIpc) is 2.72. The highest BCUT2D eigenvalue weighted by atomic mass is 32.2. The van der Waals surface area contributed by atoms with Crippen LogP contribution in [0.5, 0.6) is 11.6 Å². The van der Waals surface area contributed by atoms with Crippen LogP contribution in [0.2, 0.25) is 0 Å². The van der Waals surface area contributed by atoms with Crippen LogP contribution in [0.25, 0.3) is 22.0 Å². The number of sulfone groups is 1. The van der Waals surface area contributed by atoms with Gasteiger partial charge in [-0.15, -0.1) is 0 Å². The molecule has 158 valence electrons. The van der Waals surface area contributed by atoms with Crippen LogP contribution in [0, 0.1) is 0 Å². The van der Waals surface area contributed by atoms with Gasteiger partial charge in [0.25, 0.3) is 0 Å². The number of pyridine rings is 2. The van der Waals surface area contributed by atoms with Gasteiger partial charge < -0.3 is 4.74 Å². The topological polar surface area (TPSA) is 69.2 Å². The monoisotopic (exact) mass is 444 g/mol. The standard InChI is InChI=1S/C22H15F3N2O3S/c1-31(28,29)17-4-2-3-14(11-17)18-7-6-16(22(23,24)25)12-20(18)30-21-8-5-15-13-26-10-9-19(15)27-21/h2-13H,1H3. The van der Waals surface area contributed by atoms with Crippen LogP contribution in [0.1, 0.15) is 5.56 Å². The third-order valence-corrected chi connectivity index (χ3v) is 5.67. The maximum Gasteiger partial charge on any atom is 0.416 e. The normalized spacial score (nSPS) is 12.1. The van der Waals surface area contributed by atoms with Crippen molar-refractivity contribution in [3.05, 3.63) is 78.6 Å². The van der Waals surface area contributed by atoms with Crippen molar-refractivity contribution in [2.75, 3.05) is 6.26 Å². The van der Waals surface area contributed by atoms with Crippen molar-refractivity contribution < 1.29 is 26.3 Å². The van der Waals surface area contributed by atoms with Crippen LogP contribution in [-0.4, -0.2) is 24.6 Å². The molecule has 0 aliphatic rings. The molecule has 9 heteroatoms. The summed E-state index contributed by atoms with van der Waals surface area (Å²) in [6.45, 7) is 0. The minimum Gasteiger partial charge on any atom is -0.438 e. The Balaban J connectivity index is 1.84. The number of hydrogen-bond acceptors (Lipinski definition) is 5. The summed E-state index contributed by atoms with van der Waals surface area (Å²) >= 11 is 0. The number of rotatable bonds is 4. The van der Waals surface area contributed by atoms with Crippen LogP contribution < -0.4 is 4.74 Å². The van der Waals surface area contributed by atoms with Gasteiger partial charge >= 0.3 is 6.18 Å². The largest absolute Gasteiger partial charge is 0.438 e. The summed E-state index contributed by atoms with van der Waals surface area (Å²) in [6, 6.07) is 13.9. The molecule has 0 fully saturated rings. The SMILES string of the molecule is CS(=O)(=O)c1cccc(-c2ccc(C(F)(F)F)cc2Oc2ccc3cnccc3n2)c1. The zero-order valence-corrected chi connectivity index (χ0v) is 16.9. The molecular weight excluding hydrogens is 429 g/mol. The summed E-state index contributed by atoms with van der Waals surface area (Å²) in [5, 5.41) is 0.750. The second-order valence-electron chi connectivity index (χ2n) is 6.83. The number of benzene rings is 2. The Morgan fingerprint density at radius 2 is 1.77 bits per heavy atom. The molecule has 0 bridgehead atoms. The molecule has 0 saturated carbocycles. The first-order valence-electron chi connectivity index (χ1n) is 9.02. The minimum atomic E-state index is -4.58. The van der Waals surface area contributed by atoms with E-state index in [0.717, 1.165) is 23.8 Å². The Hall–Kier alpha value is -3.46. The van der Waals surface area contributed by atoms with Crippen molar-refractivity contribution in [3.63, 3.8) is 0 Å². The first-order valence-corrected chi connectivity index (χ1v) is 10.9. The fraction of sp³-hybridized carbons (Fsp3) is 0.0909. The van der Waals surface area contributed by atoms with E-state index in [0.29, 0.717) is 16.6 Å². The Kier molecular flexibility index (Phi) is 5.14. The number of nitrogens with zero attached hydrogens (tertiary/aromatic N) is 2.